The molecule has 0 amide bonds. The lowest BCUT2D eigenvalue weighted by Crippen LogP contribution is -2.45. The Bertz CT molecular complexity index is 534. The molecule has 0 aromatic heterocycles. The Labute approximate surface area is 127 Å². The van der Waals surface area contributed by atoms with E-state index in [2.05, 4.69) is 66.5 Å². The Morgan fingerprint density at radius 1 is 0.905 bits per heavy atom. The number of rotatable bonds is 6. The van der Waals surface area contributed by atoms with Gasteiger partial charge < -0.3 is 4.74 Å². The first kappa shape index (κ1) is 14.3. The van der Waals surface area contributed by atoms with E-state index in [0.717, 1.165) is 26.0 Å². The van der Waals surface area contributed by atoms with Gasteiger partial charge in [0.15, 0.2) is 0 Å². The van der Waals surface area contributed by atoms with Crippen LogP contribution in [-0.4, -0.2) is 24.1 Å². The Morgan fingerprint density at radius 3 is 2.10 bits per heavy atom. The predicted octanol–water partition coefficient (Wildman–Crippen LogP) is 3.87. The van der Waals surface area contributed by atoms with E-state index in [4.69, 9.17) is 4.74 Å². The highest BCUT2D eigenvalue weighted by atomic mass is 16.5. The smallest absolute Gasteiger partial charge is 0.0720 e. The van der Waals surface area contributed by atoms with Crippen molar-refractivity contribution in [2.45, 2.75) is 38.1 Å². The monoisotopic (exact) mass is 281 g/mol. The molecule has 0 N–H and O–H groups in total. The highest BCUT2D eigenvalue weighted by Crippen LogP contribution is 2.29. The van der Waals surface area contributed by atoms with Gasteiger partial charge in [0, 0.05) is 12.6 Å². The van der Waals surface area contributed by atoms with Gasteiger partial charge >= 0.3 is 0 Å². The van der Waals surface area contributed by atoms with Crippen LogP contribution in [0.1, 0.15) is 24.0 Å². The van der Waals surface area contributed by atoms with Crippen molar-refractivity contribution >= 4 is 0 Å². The summed E-state index contributed by atoms with van der Waals surface area (Å²) in [5.41, 5.74) is 2.65. The maximum absolute atomic E-state index is 5.97. The van der Waals surface area contributed by atoms with Gasteiger partial charge in [-0.1, -0.05) is 60.7 Å². The third-order valence-electron chi connectivity index (χ3n) is 4.30. The lowest BCUT2D eigenvalue weighted by atomic mass is 9.88. The summed E-state index contributed by atoms with van der Waals surface area (Å²) in [6, 6.07) is 21.7. The SMILES string of the molecule is CN(Cc1ccccc1)[C@H]1C[C@@H](OCc2ccccc2)C1. The second-order valence-corrected chi connectivity index (χ2v) is 5.94. The second-order valence-electron chi connectivity index (χ2n) is 5.94. The summed E-state index contributed by atoms with van der Waals surface area (Å²) >= 11 is 0. The molecule has 0 saturated heterocycles. The van der Waals surface area contributed by atoms with E-state index in [1.807, 2.05) is 6.07 Å². The number of ether oxygens (including phenoxy) is 1. The molecule has 2 nitrogen and oxygen atoms in total. The van der Waals surface area contributed by atoms with Gasteiger partial charge in [0.25, 0.3) is 0 Å². The van der Waals surface area contributed by atoms with Gasteiger partial charge in [-0.3, -0.25) is 4.90 Å². The van der Waals surface area contributed by atoms with Crippen LogP contribution in [0.5, 0.6) is 0 Å². The molecule has 2 heteroatoms. The first-order valence-electron chi connectivity index (χ1n) is 7.71. The maximum atomic E-state index is 5.97. The van der Waals surface area contributed by atoms with Gasteiger partial charge in [-0.25, -0.2) is 0 Å². The molecular formula is C19H23NO. The van der Waals surface area contributed by atoms with E-state index in [1.165, 1.54) is 11.1 Å². The van der Waals surface area contributed by atoms with Crippen LogP contribution in [0.2, 0.25) is 0 Å². The van der Waals surface area contributed by atoms with Crippen LogP contribution in [-0.2, 0) is 17.9 Å². The van der Waals surface area contributed by atoms with Crippen molar-refractivity contribution in [1.82, 2.24) is 4.90 Å². The quantitative estimate of drug-likeness (QED) is 0.797. The van der Waals surface area contributed by atoms with Crippen molar-refractivity contribution < 1.29 is 4.74 Å². The molecule has 110 valence electrons. The van der Waals surface area contributed by atoms with Crippen LogP contribution in [0.4, 0.5) is 0 Å². The fourth-order valence-corrected chi connectivity index (χ4v) is 2.82. The van der Waals surface area contributed by atoms with Crippen molar-refractivity contribution in [2.24, 2.45) is 0 Å². The molecule has 0 aliphatic heterocycles. The van der Waals surface area contributed by atoms with E-state index in [1.54, 1.807) is 0 Å². The second kappa shape index (κ2) is 6.88. The summed E-state index contributed by atoms with van der Waals surface area (Å²) in [4.78, 5) is 2.44. The van der Waals surface area contributed by atoms with Gasteiger partial charge in [0.1, 0.15) is 0 Å². The van der Waals surface area contributed by atoms with Gasteiger partial charge in [-0.15, -0.1) is 0 Å². The highest BCUT2D eigenvalue weighted by Gasteiger charge is 2.32. The molecule has 1 fully saturated rings. The van der Waals surface area contributed by atoms with E-state index >= 15 is 0 Å². The zero-order valence-corrected chi connectivity index (χ0v) is 12.6. The summed E-state index contributed by atoms with van der Waals surface area (Å²) in [6.07, 6.45) is 2.72. The molecule has 1 saturated carbocycles. The summed E-state index contributed by atoms with van der Waals surface area (Å²) in [6.45, 7) is 1.76. The topological polar surface area (TPSA) is 12.5 Å². The Hall–Kier alpha value is -1.64. The molecule has 2 aromatic carbocycles. The van der Waals surface area contributed by atoms with E-state index in [9.17, 15) is 0 Å². The standard InChI is InChI=1S/C19H23NO/c1-20(14-16-8-4-2-5-9-16)18-12-19(13-18)21-15-17-10-6-3-7-11-17/h2-11,18-19H,12-15H2,1H3/t18-,19+. The zero-order valence-electron chi connectivity index (χ0n) is 12.6. The molecule has 3 rings (SSSR count). The molecular weight excluding hydrogens is 258 g/mol. The Balaban J connectivity index is 1.39. The van der Waals surface area contributed by atoms with Crippen LogP contribution >= 0.6 is 0 Å². The van der Waals surface area contributed by atoms with Crippen molar-refractivity contribution in [3.05, 3.63) is 71.8 Å². The van der Waals surface area contributed by atoms with Crippen LogP contribution in [0.25, 0.3) is 0 Å². The molecule has 0 unspecified atom stereocenters. The molecule has 0 spiro atoms. The van der Waals surface area contributed by atoms with E-state index in [0.29, 0.717) is 12.1 Å². The van der Waals surface area contributed by atoms with Gasteiger partial charge in [-0.2, -0.15) is 0 Å². The lowest BCUT2D eigenvalue weighted by Gasteiger charge is -2.41. The third-order valence-corrected chi connectivity index (χ3v) is 4.30. The van der Waals surface area contributed by atoms with Gasteiger partial charge in [0.05, 0.1) is 12.7 Å². The number of nitrogens with zero attached hydrogens (tertiary/aromatic N) is 1. The van der Waals surface area contributed by atoms with Crippen LogP contribution in [0.3, 0.4) is 0 Å². The largest absolute Gasteiger partial charge is 0.373 e. The van der Waals surface area contributed by atoms with E-state index in [-0.39, 0.29) is 0 Å². The van der Waals surface area contributed by atoms with Gasteiger partial charge in [-0.05, 0) is 31.0 Å². The number of benzene rings is 2. The first-order valence-corrected chi connectivity index (χ1v) is 7.71. The van der Waals surface area contributed by atoms with Crippen LogP contribution in [0.15, 0.2) is 60.7 Å². The number of hydrogen-bond donors (Lipinski definition) is 0. The Morgan fingerprint density at radius 2 is 1.48 bits per heavy atom. The van der Waals surface area contributed by atoms with Crippen molar-refractivity contribution in [3.8, 4) is 0 Å². The average molecular weight is 281 g/mol. The molecule has 1 aliphatic carbocycles. The minimum atomic E-state index is 0.424. The van der Waals surface area contributed by atoms with Gasteiger partial charge in [0.2, 0.25) is 0 Å². The molecule has 0 atom stereocenters. The minimum Gasteiger partial charge on any atom is -0.373 e. The summed E-state index contributed by atoms with van der Waals surface area (Å²) in [5.74, 6) is 0. The maximum Gasteiger partial charge on any atom is 0.0720 e. The summed E-state index contributed by atoms with van der Waals surface area (Å²) in [5, 5.41) is 0. The van der Waals surface area contributed by atoms with Crippen molar-refractivity contribution in [1.29, 1.82) is 0 Å². The number of hydrogen-bond acceptors (Lipinski definition) is 2. The molecule has 21 heavy (non-hydrogen) atoms. The molecule has 0 radical (unpaired) electrons. The minimum absolute atomic E-state index is 0.424. The molecule has 2 aromatic rings. The highest BCUT2D eigenvalue weighted by molar-refractivity contribution is 5.15. The zero-order chi connectivity index (χ0) is 14.5. The molecule has 0 heterocycles. The summed E-state index contributed by atoms with van der Waals surface area (Å²) in [7, 11) is 2.21. The normalized spacial score (nSPS) is 21.2. The van der Waals surface area contributed by atoms with E-state index < -0.39 is 0 Å². The Kier molecular flexibility index (Phi) is 4.69. The fraction of sp³-hybridized carbons (Fsp3) is 0.368. The van der Waals surface area contributed by atoms with Crippen LogP contribution < -0.4 is 0 Å². The lowest BCUT2D eigenvalue weighted by molar-refractivity contribution is -0.0551. The molecule has 0 bridgehead atoms. The molecule has 1 aliphatic rings. The first-order chi connectivity index (χ1) is 10.3. The van der Waals surface area contributed by atoms with Crippen LogP contribution in [0, 0.1) is 0 Å². The predicted molar refractivity (Wildman–Crippen MR) is 86.0 cm³/mol. The average Bonchev–Trinajstić information content (AvgIpc) is 2.47. The summed E-state index contributed by atoms with van der Waals surface area (Å²) < 4.78 is 5.97. The fourth-order valence-electron chi connectivity index (χ4n) is 2.82. The van der Waals surface area contributed by atoms with Crippen molar-refractivity contribution in [3.63, 3.8) is 0 Å². The van der Waals surface area contributed by atoms with Crippen molar-refractivity contribution in [2.75, 3.05) is 7.05 Å². The third kappa shape index (κ3) is 3.93.